The zero-order valence-electron chi connectivity index (χ0n) is 12.1. The zero-order valence-corrected chi connectivity index (χ0v) is 12.1. The Kier molecular flexibility index (Phi) is 5.02. The molecule has 112 valence electrons. The molecular weight excluding hydrogens is 275 g/mol. The highest BCUT2D eigenvalue weighted by Gasteiger charge is 2.16. The van der Waals surface area contributed by atoms with Gasteiger partial charge in [-0.15, -0.1) is 0 Å². The molecule has 1 N–H and O–H groups in total. The topological polar surface area (TPSA) is 12.0 Å². The van der Waals surface area contributed by atoms with E-state index in [1.807, 2.05) is 19.1 Å². The Morgan fingerprint density at radius 1 is 0.952 bits per heavy atom. The molecule has 0 heterocycles. The van der Waals surface area contributed by atoms with Crippen molar-refractivity contribution in [3.63, 3.8) is 0 Å². The van der Waals surface area contributed by atoms with Crippen LogP contribution < -0.4 is 5.32 Å². The summed E-state index contributed by atoms with van der Waals surface area (Å²) in [5.74, 6) is -3.74. The van der Waals surface area contributed by atoms with Crippen LogP contribution in [-0.2, 0) is 6.54 Å². The van der Waals surface area contributed by atoms with Crippen molar-refractivity contribution in [2.45, 2.75) is 26.8 Å². The maximum absolute atomic E-state index is 14.0. The SMILES string of the molecule is CCCNCc1ccc(C)cc1-c1ccc(F)c(F)c1F. The zero-order chi connectivity index (χ0) is 15.4. The molecule has 0 saturated heterocycles. The third-order valence-corrected chi connectivity index (χ3v) is 3.33. The average molecular weight is 293 g/mol. The van der Waals surface area contributed by atoms with Gasteiger partial charge < -0.3 is 5.32 Å². The molecule has 0 spiro atoms. The first-order valence-corrected chi connectivity index (χ1v) is 6.98. The van der Waals surface area contributed by atoms with Crippen molar-refractivity contribution in [2.24, 2.45) is 0 Å². The molecule has 0 amide bonds. The quantitative estimate of drug-likeness (QED) is 0.628. The second-order valence-corrected chi connectivity index (χ2v) is 5.06. The van der Waals surface area contributed by atoms with Gasteiger partial charge in [-0.05, 0) is 43.1 Å². The molecule has 4 heteroatoms. The van der Waals surface area contributed by atoms with Gasteiger partial charge in [0, 0.05) is 12.1 Å². The predicted octanol–water partition coefficient (Wildman–Crippen LogP) is 4.58. The van der Waals surface area contributed by atoms with Gasteiger partial charge in [-0.1, -0.05) is 30.7 Å². The molecule has 0 bridgehead atoms. The van der Waals surface area contributed by atoms with Crippen molar-refractivity contribution < 1.29 is 13.2 Å². The standard InChI is InChI=1S/C17H18F3N/c1-3-8-21-10-12-5-4-11(2)9-14(12)13-6-7-15(18)17(20)16(13)19/h4-7,9,21H,3,8,10H2,1-2H3. The first-order valence-electron chi connectivity index (χ1n) is 6.98. The first-order chi connectivity index (χ1) is 10.0. The minimum atomic E-state index is -1.43. The van der Waals surface area contributed by atoms with Crippen LogP contribution in [0.4, 0.5) is 13.2 Å². The van der Waals surface area contributed by atoms with E-state index in [0.29, 0.717) is 12.1 Å². The van der Waals surface area contributed by atoms with E-state index in [4.69, 9.17) is 0 Å². The summed E-state index contributed by atoms with van der Waals surface area (Å²) < 4.78 is 40.5. The molecule has 0 fully saturated rings. The predicted molar refractivity (Wildman–Crippen MR) is 78.5 cm³/mol. The fraction of sp³-hybridized carbons (Fsp3) is 0.294. The Morgan fingerprint density at radius 2 is 1.71 bits per heavy atom. The second-order valence-electron chi connectivity index (χ2n) is 5.06. The fourth-order valence-corrected chi connectivity index (χ4v) is 2.23. The van der Waals surface area contributed by atoms with Crippen LogP contribution in [0.25, 0.3) is 11.1 Å². The number of aryl methyl sites for hydroxylation is 1. The third kappa shape index (κ3) is 3.45. The minimum Gasteiger partial charge on any atom is -0.313 e. The number of benzene rings is 2. The largest absolute Gasteiger partial charge is 0.313 e. The molecule has 0 aliphatic rings. The third-order valence-electron chi connectivity index (χ3n) is 3.33. The van der Waals surface area contributed by atoms with Gasteiger partial charge in [0.05, 0.1) is 0 Å². The molecule has 0 radical (unpaired) electrons. The molecule has 0 unspecified atom stereocenters. The summed E-state index contributed by atoms with van der Waals surface area (Å²) in [7, 11) is 0. The summed E-state index contributed by atoms with van der Waals surface area (Å²) >= 11 is 0. The highest BCUT2D eigenvalue weighted by atomic mass is 19.2. The van der Waals surface area contributed by atoms with E-state index >= 15 is 0 Å². The lowest BCUT2D eigenvalue weighted by atomic mass is 9.96. The number of nitrogens with one attached hydrogen (secondary N) is 1. The van der Waals surface area contributed by atoms with Crippen molar-refractivity contribution in [3.05, 3.63) is 58.9 Å². The molecule has 0 aliphatic carbocycles. The summed E-state index contributed by atoms with van der Waals surface area (Å²) in [6.07, 6.45) is 0.987. The number of rotatable bonds is 5. The first kappa shape index (κ1) is 15.6. The van der Waals surface area contributed by atoms with Crippen LogP contribution in [0.15, 0.2) is 30.3 Å². The molecule has 2 aromatic carbocycles. The maximum atomic E-state index is 14.0. The summed E-state index contributed by atoms with van der Waals surface area (Å²) in [5, 5.41) is 3.24. The Labute approximate surface area is 122 Å². The molecule has 2 rings (SSSR count). The Morgan fingerprint density at radius 3 is 2.43 bits per heavy atom. The monoisotopic (exact) mass is 293 g/mol. The number of halogens is 3. The molecule has 0 aliphatic heterocycles. The van der Waals surface area contributed by atoms with E-state index in [2.05, 4.69) is 12.2 Å². The number of hydrogen-bond acceptors (Lipinski definition) is 1. The van der Waals surface area contributed by atoms with Crippen molar-refractivity contribution in [1.29, 1.82) is 0 Å². The molecule has 21 heavy (non-hydrogen) atoms. The summed E-state index contributed by atoms with van der Waals surface area (Å²) in [4.78, 5) is 0. The fourth-order valence-electron chi connectivity index (χ4n) is 2.23. The Balaban J connectivity index is 2.47. The normalized spacial score (nSPS) is 10.9. The van der Waals surface area contributed by atoms with Gasteiger partial charge in [-0.3, -0.25) is 0 Å². The van der Waals surface area contributed by atoms with E-state index in [1.54, 1.807) is 6.07 Å². The van der Waals surface area contributed by atoms with E-state index in [9.17, 15) is 13.2 Å². The van der Waals surface area contributed by atoms with Crippen LogP contribution in [0, 0.1) is 24.4 Å². The molecule has 2 aromatic rings. The van der Waals surface area contributed by atoms with E-state index < -0.39 is 17.5 Å². The maximum Gasteiger partial charge on any atom is 0.195 e. The Bertz CT molecular complexity index is 638. The van der Waals surface area contributed by atoms with Crippen LogP contribution in [0.3, 0.4) is 0 Å². The lowest BCUT2D eigenvalue weighted by molar-refractivity contribution is 0.449. The molecule has 0 aromatic heterocycles. The van der Waals surface area contributed by atoms with Crippen LogP contribution in [-0.4, -0.2) is 6.54 Å². The second kappa shape index (κ2) is 6.76. The van der Waals surface area contributed by atoms with Crippen molar-refractivity contribution in [1.82, 2.24) is 5.32 Å². The van der Waals surface area contributed by atoms with Crippen LogP contribution >= 0.6 is 0 Å². The minimum absolute atomic E-state index is 0.0888. The lowest BCUT2D eigenvalue weighted by Crippen LogP contribution is -2.14. The van der Waals surface area contributed by atoms with E-state index in [-0.39, 0.29) is 5.56 Å². The number of hydrogen-bond donors (Lipinski definition) is 1. The Hall–Kier alpha value is -1.81. The van der Waals surface area contributed by atoms with E-state index in [0.717, 1.165) is 30.2 Å². The summed E-state index contributed by atoms with van der Waals surface area (Å²) in [6, 6.07) is 7.84. The van der Waals surface area contributed by atoms with Gasteiger partial charge in [-0.2, -0.15) is 0 Å². The van der Waals surface area contributed by atoms with Gasteiger partial charge in [-0.25, -0.2) is 13.2 Å². The van der Waals surface area contributed by atoms with Crippen LogP contribution in [0.2, 0.25) is 0 Å². The average Bonchev–Trinajstić information content (AvgIpc) is 2.47. The van der Waals surface area contributed by atoms with Gasteiger partial charge in [0.2, 0.25) is 0 Å². The highest BCUT2D eigenvalue weighted by molar-refractivity contribution is 5.69. The highest BCUT2D eigenvalue weighted by Crippen LogP contribution is 2.29. The van der Waals surface area contributed by atoms with Crippen LogP contribution in [0.1, 0.15) is 24.5 Å². The van der Waals surface area contributed by atoms with Crippen molar-refractivity contribution in [2.75, 3.05) is 6.54 Å². The molecular formula is C17H18F3N. The van der Waals surface area contributed by atoms with Gasteiger partial charge in [0.25, 0.3) is 0 Å². The summed E-state index contributed by atoms with van der Waals surface area (Å²) in [6.45, 7) is 5.33. The molecule has 0 atom stereocenters. The van der Waals surface area contributed by atoms with Crippen molar-refractivity contribution >= 4 is 0 Å². The smallest absolute Gasteiger partial charge is 0.195 e. The summed E-state index contributed by atoms with van der Waals surface area (Å²) in [5.41, 5.74) is 2.48. The lowest BCUT2D eigenvalue weighted by Gasteiger charge is -2.13. The molecule has 1 nitrogen and oxygen atoms in total. The van der Waals surface area contributed by atoms with Gasteiger partial charge >= 0.3 is 0 Å². The van der Waals surface area contributed by atoms with E-state index in [1.165, 1.54) is 6.07 Å². The van der Waals surface area contributed by atoms with Gasteiger partial charge in [0.1, 0.15) is 0 Å². The van der Waals surface area contributed by atoms with Crippen LogP contribution in [0.5, 0.6) is 0 Å². The van der Waals surface area contributed by atoms with Gasteiger partial charge in [0.15, 0.2) is 17.5 Å². The molecule has 0 saturated carbocycles. The van der Waals surface area contributed by atoms with Crippen molar-refractivity contribution in [3.8, 4) is 11.1 Å².